The van der Waals surface area contributed by atoms with Gasteiger partial charge in [0.15, 0.2) is 0 Å². The second kappa shape index (κ2) is 9.45. The quantitative estimate of drug-likeness (QED) is 0.621. The Hall–Kier alpha value is -2.64. The SMILES string of the molecule is CC(C)c1nn(C)c(N2CCOCC2)c1CNCc1cnn(Cc2ccccc2)c1. The van der Waals surface area contributed by atoms with Gasteiger partial charge in [-0.05, 0) is 11.5 Å². The number of anilines is 1. The molecule has 7 heteroatoms. The van der Waals surface area contributed by atoms with Crippen molar-refractivity contribution >= 4 is 5.82 Å². The van der Waals surface area contributed by atoms with Crippen LogP contribution in [0.15, 0.2) is 42.7 Å². The maximum absolute atomic E-state index is 5.54. The fourth-order valence-electron chi connectivity index (χ4n) is 4.07. The number of hydrogen-bond acceptors (Lipinski definition) is 5. The standard InChI is InChI=1S/C23H32N6O/c1-18(2)22-21(23(27(3)26-22)28-9-11-30-12-10-28)15-24-13-20-14-25-29(17-20)16-19-7-5-4-6-8-19/h4-8,14,17-18,24H,9-13,15-16H2,1-3H3. The predicted molar refractivity (Wildman–Crippen MR) is 119 cm³/mol. The molecule has 1 aromatic carbocycles. The minimum atomic E-state index is 0.386. The molecule has 1 aliphatic heterocycles. The maximum Gasteiger partial charge on any atom is 0.131 e. The molecule has 2 aromatic heterocycles. The molecule has 1 saturated heterocycles. The normalized spacial score (nSPS) is 14.6. The predicted octanol–water partition coefficient (Wildman–Crippen LogP) is 2.91. The lowest BCUT2D eigenvalue weighted by Gasteiger charge is -2.29. The average molecular weight is 409 g/mol. The summed E-state index contributed by atoms with van der Waals surface area (Å²) in [6.45, 7) is 10.2. The second-order valence-electron chi connectivity index (χ2n) is 8.20. The minimum absolute atomic E-state index is 0.386. The maximum atomic E-state index is 5.54. The summed E-state index contributed by atoms with van der Waals surface area (Å²) in [5.41, 5.74) is 4.92. The summed E-state index contributed by atoms with van der Waals surface area (Å²) in [7, 11) is 2.05. The topological polar surface area (TPSA) is 60.1 Å². The molecule has 0 atom stereocenters. The number of ether oxygens (including phenoxy) is 1. The number of aryl methyl sites for hydroxylation is 1. The summed E-state index contributed by atoms with van der Waals surface area (Å²) < 4.78 is 9.58. The first-order valence-corrected chi connectivity index (χ1v) is 10.8. The molecule has 0 unspecified atom stereocenters. The highest BCUT2D eigenvalue weighted by atomic mass is 16.5. The molecule has 0 amide bonds. The van der Waals surface area contributed by atoms with Crippen molar-refractivity contribution in [3.05, 3.63) is 65.1 Å². The average Bonchev–Trinajstić information content (AvgIpc) is 3.33. The van der Waals surface area contributed by atoms with Gasteiger partial charge in [-0.25, -0.2) is 0 Å². The Labute approximate surface area is 178 Å². The second-order valence-corrected chi connectivity index (χ2v) is 8.20. The molecule has 0 bridgehead atoms. The van der Waals surface area contributed by atoms with Crippen LogP contribution in [0.4, 0.5) is 5.82 Å². The van der Waals surface area contributed by atoms with Crippen LogP contribution in [0.5, 0.6) is 0 Å². The van der Waals surface area contributed by atoms with Gasteiger partial charge in [-0.1, -0.05) is 44.2 Å². The Kier molecular flexibility index (Phi) is 6.50. The number of nitrogens with zero attached hydrogens (tertiary/aromatic N) is 5. The number of hydrogen-bond donors (Lipinski definition) is 1. The van der Waals surface area contributed by atoms with Gasteiger partial charge in [0, 0.05) is 50.6 Å². The van der Waals surface area contributed by atoms with E-state index in [9.17, 15) is 0 Å². The lowest BCUT2D eigenvalue weighted by atomic mass is 10.0. The van der Waals surface area contributed by atoms with E-state index in [0.29, 0.717) is 5.92 Å². The van der Waals surface area contributed by atoms with Gasteiger partial charge in [0.2, 0.25) is 0 Å². The van der Waals surface area contributed by atoms with Crippen LogP contribution in [-0.4, -0.2) is 45.9 Å². The van der Waals surface area contributed by atoms with E-state index >= 15 is 0 Å². The number of morpholine rings is 1. The first-order valence-electron chi connectivity index (χ1n) is 10.8. The highest BCUT2D eigenvalue weighted by molar-refractivity contribution is 5.51. The molecular formula is C23H32N6O. The number of rotatable bonds is 8. The van der Waals surface area contributed by atoms with Crippen LogP contribution in [-0.2, 0) is 31.4 Å². The number of aromatic nitrogens is 4. The molecule has 7 nitrogen and oxygen atoms in total. The summed E-state index contributed by atoms with van der Waals surface area (Å²) in [4.78, 5) is 2.40. The van der Waals surface area contributed by atoms with Crippen molar-refractivity contribution in [1.29, 1.82) is 0 Å². The Morgan fingerprint density at radius 1 is 1.07 bits per heavy atom. The summed E-state index contributed by atoms with van der Waals surface area (Å²) in [6, 6.07) is 10.4. The van der Waals surface area contributed by atoms with Gasteiger partial charge in [-0.15, -0.1) is 0 Å². The third-order valence-corrected chi connectivity index (χ3v) is 5.51. The number of benzene rings is 1. The van der Waals surface area contributed by atoms with Crippen LogP contribution < -0.4 is 10.2 Å². The Balaban J connectivity index is 1.42. The third-order valence-electron chi connectivity index (χ3n) is 5.51. The molecule has 0 aliphatic carbocycles. The van der Waals surface area contributed by atoms with Gasteiger partial charge in [-0.3, -0.25) is 9.36 Å². The van der Waals surface area contributed by atoms with Crippen molar-refractivity contribution in [2.24, 2.45) is 7.05 Å². The first kappa shape index (κ1) is 20.6. The zero-order valence-electron chi connectivity index (χ0n) is 18.2. The highest BCUT2D eigenvalue weighted by Gasteiger charge is 2.24. The lowest BCUT2D eigenvalue weighted by molar-refractivity contribution is 0.122. The van der Waals surface area contributed by atoms with E-state index in [4.69, 9.17) is 9.84 Å². The fraction of sp³-hybridized carbons (Fsp3) is 0.478. The van der Waals surface area contributed by atoms with Gasteiger partial charge in [0.1, 0.15) is 5.82 Å². The Morgan fingerprint density at radius 2 is 1.83 bits per heavy atom. The molecule has 0 radical (unpaired) electrons. The van der Waals surface area contributed by atoms with E-state index in [0.717, 1.165) is 45.9 Å². The zero-order valence-corrected chi connectivity index (χ0v) is 18.2. The van der Waals surface area contributed by atoms with Crippen molar-refractivity contribution in [3.8, 4) is 0 Å². The van der Waals surface area contributed by atoms with E-state index in [1.54, 1.807) is 0 Å². The molecule has 3 heterocycles. The van der Waals surface area contributed by atoms with Crippen LogP contribution >= 0.6 is 0 Å². The van der Waals surface area contributed by atoms with Gasteiger partial charge in [-0.2, -0.15) is 10.2 Å². The smallest absolute Gasteiger partial charge is 0.131 e. The molecular weight excluding hydrogens is 376 g/mol. The molecule has 4 rings (SSSR count). The molecule has 0 spiro atoms. The van der Waals surface area contributed by atoms with E-state index in [-0.39, 0.29) is 0 Å². The Morgan fingerprint density at radius 3 is 2.57 bits per heavy atom. The van der Waals surface area contributed by atoms with Gasteiger partial charge >= 0.3 is 0 Å². The van der Waals surface area contributed by atoms with Crippen molar-refractivity contribution in [2.45, 2.75) is 39.4 Å². The zero-order chi connectivity index (χ0) is 20.9. The van der Waals surface area contributed by atoms with Crippen LogP contribution in [0.3, 0.4) is 0 Å². The summed E-state index contributed by atoms with van der Waals surface area (Å²) in [5, 5.41) is 13.0. The van der Waals surface area contributed by atoms with Crippen LogP contribution in [0.2, 0.25) is 0 Å². The van der Waals surface area contributed by atoms with Crippen molar-refractivity contribution < 1.29 is 4.74 Å². The monoisotopic (exact) mass is 408 g/mol. The molecule has 0 saturated carbocycles. The molecule has 1 N–H and O–H groups in total. The minimum Gasteiger partial charge on any atom is -0.378 e. The number of nitrogens with one attached hydrogen (secondary N) is 1. The summed E-state index contributed by atoms with van der Waals surface area (Å²) in [5.74, 6) is 1.60. The van der Waals surface area contributed by atoms with Crippen molar-refractivity contribution in [3.63, 3.8) is 0 Å². The Bertz CT molecular complexity index is 940. The van der Waals surface area contributed by atoms with Crippen LogP contribution in [0.1, 0.15) is 42.1 Å². The van der Waals surface area contributed by atoms with Gasteiger partial charge in [0.25, 0.3) is 0 Å². The molecule has 1 aliphatic rings. The molecule has 1 fully saturated rings. The third kappa shape index (κ3) is 4.74. The van der Waals surface area contributed by atoms with Gasteiger partial charge < -0.3 is 15.0 Å². The molecule has 30 heavy (non-hydrogen) atoms. The van der Waals surface area contributed by atoms with Crippen LogP contribution in [0.25, 0.3) is 0 Å². The lowest BCUT2D eigenvalue weighted by Crippen LogP contribution is -2.38. The fourth-order valence-corrected chi connectivity index (χ4v) is 4.07. The largest absolute Gasteiger partial charge is 0.378 e. The highest BCUT2D eigenvalue weighted by Crippen LogP contribution is 2.29. The summed E-state index contributed by atoms with van der Waals surface area (Å²) >= 11 is 0. The van der Waals surface area contributed by atoms with Crippen molar-refractivity contribution in [1.82, 2.24) is 24.9 Å². The first-order chi connectivity index (χ1) is 14.6. The van der Waals surface area contributed by atoms with E-state index in [1.165, 1.54) is 28.2 Å². The van der Waals surface area contributed by atoms with Crippen molar-refractivity contribution in [2.75, 3.05) is 31.2 Å². The summed E-state index contributed by atoms with van der Waals surface area (Å²) in [6.07, 6.45) is 4.07. The van der Waals surface area contributed by atoms with E-state index < -0.39 is 0 Å². The molecule has 160 valence electrons. The van der Waals surface area contributed by atoms with E-state index in [2.05, 4.69) is 59.6 Å². The van der Waals surface area contributed by atoms with E-state index in [1.807, 2.05) is 28.7 Å². The molecule has 3 aromatic rings. The van der Waals surface area contributed by atoms with Gasteiger partial charge in [0.05, 0.1) is 31.6 Å². The van der Waals surface area contributed by atoms with Crippen LogP contribution in [0, 0.1) is 0 Å².